The molecule has 1 aromatic heterocycles. The summed E-state index contributed by atoms with van der Waals surface area (Å²) in [7, 11) is 0. The van der Waals surface area contributed by atoms with Gasteiger partial charge < -0.3 is 20.6 Å². The predicted molar refractivity (Wildman–Crippen MR) is 63.7 cm³/mol. The average Bonchev–Trinajstić information content (AvgIpc) is 2.75. The third kappa shape index (κ3) is 2.41. The van der Waals surface area contributed by atoms with E-state index in [2.05, 4.69) is 16.9 Å². The number of nitrogens with zero attached hydrogens (tertiary/aromatic N) is 1. The first-order valence-corrected chi connectivity index (χ1v) is 5.94. The molecule has 1 fully saturated rings. The van der Waals surface area contributed by atoms with Crippen LogP contribution < -0.4 is 11.4 Å². The molecule has 0 bridgehead atoms. The third-order valence-electron chi connectivity index (χ3n) is 3.43. The van der Waals surface area contributed by atoms with Crippen LogP contribution in [0.5, 0.6) is 0 Å². The molecule has 1 aliphatic heterocycles. The molecule has 6 heteroatoms. The predicted octanol–water partition coefficient (Wildman–Crippen LogP) is -0.0976. The van der Waals surface area contributed by atoms with Gasteiger partial charge in [0, 0.05) is 25.3 Å². The number of aromatic nitrogens is 2. The SMILES string of the molecule is CCC1CN(C(=O)c2c[nH]c(=O)[nH]2)CCC1N. The van der Waals surface area contributed by atoms with Crippen LogP contribution in [0.15, 0.2) is 11.0 Å². The minimum absolute atomic E-state index is 0.131. The normalized spacial score (nSPS) is 24.9. The minimum atomic E-state index is -0.353. The Balaban J connectivity index is 2.08. The minimum Gasteiger partial charge on any atom is -0.337 e. The standard InChI is InChI=1S/C11H18N4O2/c1-2-7-6-15(4-3-8(7)12)10(16)9-5-13-11(17)14-9/h5,7-8H,2-4,6,12H2,1H3,(H2,13,14,17). The Bertz CT molecular complexity index is 450. The number of piperidine rings is 1. The number of carbonyl (C=O) groups excluding carboxylic acids is 1. The molecule has 2 atom stereocenters. The van der Waals surface area contributed by atoms with Gasteiger partial charge in [-0.3, -0.25) is 4.79 Å². The lowest BCUT2D eigenvalue weighted by atomic mass is 9.90. The molecule has 17 heavy (non-hydrogen) atoms. The van der Waals surface area contributed by atoms with E-state index < -0.39 is 0 Å². The second-order valence-corrected chi connectivity index (χ2v) is 4.53. The summed E-state index contributed by atoms with van der Waals surface area (Å²) in [4.78, 5) is 29.7. The molecule has 0 saturated carbocycles. The summed E-state index contributed by atoms with van der Waals surface area (Å²) in [6.45, 7) is 3.41. The fourth-order valence-electron chi connectivity index (χ4n) is 2.28. The zero-order valence-electron chi connectivity index (χ0n) is 9.90. The Hall–Kier alpha value is -1.56. The molecule has 4 N–H and O–H groups in total. The van der Waals surface area contributed by atoms with Crippen molar-refractivity contribution >= 4 is 5.91 Å². The largest absolute Gasteiger partial charge is 0.337 e. The monoisotopic (exact) mass is 238 g/mol. The molecule has 2 heterocycles. The van der Waals surface area contributed by atoms with Crippen molar-refractivity contribution in [1.82, 2.24) is 14.9 Å². The summed E-state index contributed by atoms with van der Waals surface area (Å²) in [5, 5.41) is 0. The fourth-order valence-corrected chi connectivity index (χ4v) is 2.28. The zero-order valence-corrected chi connectivity index (χ0v) is 9.90. The quantitative estimate of drug-likeness (QED) is 0.671. The molecule has 2 rings (SSSR count). The van der Waals surface area contributed by atoms with Crippen LogP contribution in [0.25, 0.3) is 0 Å². The van der Waals surface area contributed by atoms with Crippen LogP contribution in [0.4, 0.5) is 0 Å². The van der Waals surface area contributed by atoms with E-state index in [4.69, 9.17) is 5.73 Å². The molecule has 1 amide bonds. The van der Waals surface area contributed by atoms with Crippen LogP contribution in [0, 0.1) is 5.92 Å². The van der Waals surface area contributed by atoms with Gasteiger partial charge in [-0.25, -0.2) is 4.79 Å². The molecule has 6 nitrogen and oxygen atoms in total. The first-order valence-electron chi connectivity index (χ1n) is 5.94. The maximum atomic E-state index is 12.1. The first kappa shape index (κ1) is 11.9. The van der Waals surface area contributed by atoms with Gasteiger partial charge in [0.2, 0.25) is 0 Å². The van der Waals surface area contributed by atoms with E-state index in [1.807, 2.05) is 0 Å². The lowest BCUT2D eigenvalue weighted by Crippen LogP contribution is -2.49. The molecule has 0 spiro atoms. The summed E-state index contributed by atoms with van der Waals surface area (Å²) < 4.78 is 0. The van der Waals surface area contributed by atoms with E-state index >= 15 is 0 Å². The van der Waals surface area contributed by atoms with Crippen molar-refractivity contribution in [2.75, 3.05) is 13.1 Å². The van der Waals surface area contributed by atoms with Gasteiger partial charge in [-0.2, -0.15) is 0 Å². The number of nitrogens with two attached hydrogens (primary N) is 1. The van der Waals surface area contributed by atoms with Crippen molar-refractivity contribution in [2.24, 2.45) is 11.7 Å². The maximum Gasteiger partial charge on any atom is 0.323 e. The van der Waals surface area contributed by atoms with Crippen molar-refractivity contribution in [1.29, 1.82) is 0 Å². The van der Waals surface area contributed by atoms with Gasteiger partial charge in [0.15, 0.2) is 0 Å². The average molecular weight is 238 g/mol. The van der Waals surface area contributed by atoms with E-state index in [1.165, 1.54) is 6.20 Å². The molecule has 94 valence electrons. The number of aromatic amines is 2. The topological polar surface area (TPSA) is 95.0 Å². The number of carbonyl (C=O) groups is 1. The molecule has 1 aliphatic rings. The molecular weight excluding hydrogens is 220 g/mol. The maximum absolute atomic E-state index is 12.1. The van der Waals surface area contributed by atoms with Gasteiger partial charge in [-0.15, -0.1) is 0 Å². The molecule has 1 saturated heterocycles. The summed E-state index contributed by atoms with van der Waals surface area (Å²) >= 11 is 0. The highest BCUT2D eigenvalue weighted by molar-refractivity contribution is 5.92. The van der Waals surface area contributed by atoms with Crippen molar-refractivity contribution in [3.63, 3.8) is 0 Å². The highest BCUT2D eigenvalue weighted by atomic mass is 16.2. The summed E-state index contributed by atoms with van der Waals surface area (Å²) in [6.07, 6.45) is 3.20. The van der Waals surface area contributed by atoms with Gasteiger partial charge in [0.05, 0.1) is 0 Å². The highest BCUT2D eigenvalue weighted by Crippen LogP contribution is 2.19. The van der Waals surface area contributed by atoms with E-state index in [1.54, 1.807) is 4.90 Å². The number of nitrogens with one attached hydrogen (secondary N) is 2. The molecular formula is C11H18N4O2. The van der Waals surface area contributed by atoms with Crippen LogP contribution in [-0.2, 0) is 0 Å². The lowest BCUT2D eigenvalue weighted by molar-refractivity contribution is 0.0643. The Morgan fingerprint density at radius 1 is 1.65 bits per heavy atom. The number of H-pyrrole nitrogens is 2. The Labute approximate surface area is 99.2 Å². The van der Waals surface area contributed by atoms with Crippen LogP contribution >= 0.6 is 0 Å². The number of amides is 1. The van der Waals surface area contributed by atoms with Gasteiger partial charge in [0.25, 0.3) is 5.91 Å². The van der Waals surface area contributed by atoms with E-state index in [0.29, 0.717) is 24.7 Å². The van der Waals surface area contributed by atoms with Crippen molar-refractivity contribution < 1.29 is 4.79 Å². The summed E-state index contributed by atoms with van der Waals surface area (Å²) in [5.41, 5.74) is 5.96. The van der Waals surface area contributed by atoms with Crippen LogP contribution in [0.3, 0.4) is 0 Å². The van der Waals surface area contributed by atoms with Gasteiger partial charge in [-0.1, -0.05) is 13.3 Å². The Kier molecular flexibility index (Phi) is 3.33. The summed E-state index contributed by atoms with van der Waals surface area (Å²) in [6, 6.07) is 0.175. The van der Waals surface area contributed by atoms with Crippen LogP contribution in [0.2, 0.25) is 0 Å². The molecule has 1 aromatic rings. The third-order valence-corrected chi connectivity index (χ3v) is 3.43. The second-order valence-electron chi connectivity index (χ2n) is 4.53. The number of hydrogen-bond acceptors (Lipinski definition) is 3. The molecule has 0 radical (unpaired) electrons. The van der Waals surface area contributed by atoms with Gasteiger partial charge >= 0.3 is 5.69 Å². The lowest BCUT2D eigenvalue weighted by Gasteiger charge is -2.36. The molecule has 0 aromatic carbocycles. The Morgan fingerprint density at radius 2 is 2.41 bits per heavy atom. The van der Waals surface area contributed by atoms with E-state index in [-0.39, 0.29) is 17.6 Å². The van der Waals surface area contributed by atoms with Crippen molar-refractivity contribution in [3.05, 3.63) is 22.4 Å². The fraction of sp³-hybridized carbons (Fsp3) is 0.636. The van der Waals surface area contributed by atoms with E-state index in [9.17, 15) is 9.59 Å². The second kappa shape index (κ2) is 4.75. The molecule has 2 unspecified atom stereocenters. The number of hydrogen-bond donors (Lipinski definition) is 3. The van der Waals surface area contributed by atoms with Gasteiger partial charge in [0.1, 0.15) is 5.69 Å². The van der Waals surface area contributed by atoms with Crippen LogP contribution in [-0.4, -0.2) is 39.9 Å². The van der Waals surface area contributed by atoms with E-state index in [0.717, 1.165) is 12.8 Å². The van der Waals surface area contributed by atoms with Crippen molar-refractivity contribution in [3.8, 4) is 0 Å². The zero-order chi connectivity index (χ0) is 12.4. The smallest absolute Gasteiger partial charge is 0.323 e. The number of imidazole rings is 1. The Morgan fingerprint density at radius 3 is 3.00 bits per heavy atom. The highest BCUT2D eigenvalue weighted by Gasteiger charge is 2.29. The summed E-state index contributed by atoms with van der Waals surface area (Å²) in [5.74, 6) is 0.215. The van der Waals surface area contributed by atoms with Crippen molar-refractivity contribution in [2.45, 2.75) is 25.8 Å². The first-order chi connectivity index (χ1) is 8.11. The molecule has 0 aliphatic carbocycles. The number of rotatable bonds is 2. The van der Waals surface area contributed by atoms with Gasteiger partial charge in [-0.05, 0) is 12.3 Å². The van der Waals surface area contributed by atoms with Crippen LogP contribution in [0.1, 0.15) is 30.3 Å². The number of likely N-dealkylation sites (tertiary alicyclic amines) is 1.